The van der Waals surface area contributed by atoms with Crippen molar-refractivity contribution in [1.82, 2.24) is 0 Å². The van der Waals surface area contributed by atoms with E-state index in [9.17, 15) is 9.59 Å². The standard InChI is InChI=1S/C19H19N3O4/c1-13(23)22(17-10-16(25-2)8-9-18(17)26-3)12-19(24)21-15-6-4-14(11-20)5-7-15/h4-10H,12H2,1-3H3,(H,21,24). The number of ether oxygens (including phenoxy) is 2. The minimum Gasteiger partial charge on any atom is -0.497 e. The molecule has 0 atom stereocenters. The summed E-state index contributed by atoms with van der Waals surface area (Å²) in [5.41, 5.74) is 1.47. The van der Waals surface area contributed by atoms with E-state index in [1.165, 1.54) is 26.0 Å². The van der Waals surface area contributed by atoms with E-state index < -0.39 is 0 Å². The van der Waals surface area contributed by atoms with Crippen LogP contribution >= 0.6 is 0 Å². The lowest BCUT2D eigenvalue weighted by atomic mass is 10.2. The Labute approximate surface area is 151 Å². The first-order valence-electron chi connectivity index (χ1n) is 7.78. The zero-order valence-electron chi connectivity index (χ0n) is 14.8. The Morgan fingerprint density at radius 3 is 2.35 bits per heavy atom. The second-order valence-corrected chi connectivity index (χ2v) is 5.38. The number of benzene rings is 2. The SMILES string of the molecule is COc1ccc(OC)c(N(CC(=O)Nc2ccc(C#N)cc2)C(C)=O)c1. The molecule has 0 fully saturated rings. The van der Waals surface area contributed by atoms with Crippen molar-refractivity contribution in [2.24, 2.45) is 0 Å². The van der Waals surface area contributed by atoms with Gasteiger partial charge in [-0.05, 0) is 36.4 Å². The van der Waals surface area contributed by atoms with Gasteiger partial charge < -0.3 is 14.8 Å². The molecule has 0 aliphatic heterocycles. The van der Waals surface area contributed by atoms with E-state index in [1.807, 2.05) is 6.07 Å². The quantitative estimate of drug-likeness (QED) is 0.862. The normalized spacial score (nSPS) is 9.77. The van der Waals surface area contributed by atoms with Crippen LogP contribution in [0.2, 0.25) is 0 Å². The fourth-order valence-corrected chi connectivity index (χ4v) is 2.35. The highest BCUT2D eigenvalue weighted by Crippen LogP contribution is 2.32. The maximum absolute atomic E-state index is 12.4. The molecule has 0 saturated heterocycles. The molecule has 0 bridgehead atoms. The molecule has 134 valence electrons. The summed E-state index contributed by atoms with van der Waals surface area (Å²) < 4.78 is 10.5. The number of anilines is 2. The zero-order valence-corrected chi connectivity index (χ0v) is 14.8. The average Bonchev–Trinajstić information content (AvgIpc) is 2.66. The number of carbonyl (C=O) groups excluding carboxylic acids is 2. The highest BCUT2D eigenvalue weighted by Gasteiger charge is 2.20. The van der Waals surface area contributed by atoms with Gasteiger partial charge in [0.15, 0.2) is 0 Å². The van der Waals surface area contributed by atoms with Crippen LogP contribution in [0.3, 0.4) is 0 Å². The third-order valence-electron chi connectivity index (χ3n) is 3.66. The Balaban J connectivity index is 2.21. The van der Waals surface area contributed by atoms with Crippen LogP contribution < -0.4 is 19.7 Å². The first kappa shape index (κ1) is 18.8. The van der Waals surface area contributed by atoms with Crippen LogP contribution in [-0.2, 0) is 9.59 Å². The summed E-state index contributed by atoms with van der Waals surface area (Å²) in [5, 5.41) is 11.5. The maximum Gasteiger partial charge on any atom is 0.244 e. The minimum absolute atomic E-state index is 0.196. The van der Waals surface area contributed by atoms with Gasteiger partial charge in [-0.3, -0.25) is 14.5 Å². The number of nitriles is 1. The third-order valence-corrected chi connectivity index (χ3v) is 3.66. The lowest BCUT2D eigenvalue weighted by Gasteiger charge is -2.23. The number of nitrogens with zero attached hydrogens (tertiary/aromatic N) is 2. The molecule has 2 aromatic rings. The van der Waals surface area contributed by atoms with Crippen molar-refractivity contribution in [2.45, 2.75) is 6.92 Å². The van der Waals surface area contributed by atoms with E-state index in [-0.39, 0.29) is 18.4 Å². The number of hydrogen-bond donors (Lipinski definition) is 1. The van der Waals surface area contributed by atoms with Crippen LogP contribution in [0.1, 0.15) is 12.5 Å². The van der Waals surface area contributed by atoms with Gasteiger partial charge in [0, 0.05) is 18.7 Å². The lowest BCUT2D eigenvalue weighted by molar-refractivity contribution is -0.120. The number of carbonyl (C=O) groups is 2. The van der Waals surface area contributed by atoms with Gasteiger partial charge in [0.2, 0.25) is 11.8 Å². The van der Waals surface area contributed by atoms with Crippen LogP contribution in [0.4, 0.5) is 11.4 Å². The Kier molecular flexibility index (Phi) is 6.17. The average molecular weight is 353 g/mol. The van der Waals surface area contributed by atoms with Gasteiger partial charge in [-0.1, -0.05) is 0 Å². The van der Waals surface area contributed by atoms with Gasteiger partial charge in [-0.15, -0.1) is 0 Å². The molecule has 0 spiro atoms. The first-order chi connectivity index (χ1) is 12.5. The molecular formula is C19H19N3O4. The molecule has 1 N–H and O–H groups in total. The fraction of sp³-hybridized carbons (Fsp3) is 0.211. The Hall–Kier alpha value is -3.53. The first-order valence-corrected chi connectivity index (χ1v) is 7.78. The van der Waals surface area contributed by atoms with Gasteiger partial charge in [0.05, 0.1) is 31.5 Å². The van der Waals surface area contributed by atoms with E-state index in [2.05, 4.69) is 5.32 Å². The van der Waals surface area contributed by atoms with Crippen molar-refractivity contribution in [3.63, 3.8) is 0 Å². The number of amides is 2. The van der Waals surface area contributed by atoms with Gasteiger partial charge >= 0.3 is 0 Å². The van der Waals surface area contributed by atoms with Crippen molar-refractivity contribution in [3.05, 3.63) is 48.0 Å². The molecular weight excluding hydrogens is 334 g/mol. The fourth-order valence-electron chi connectivity index (χ4n) is 2.35. The molecule has 2 rings (SSSR count). The Morgan fingerprint density at radius 1 is 1.12 bits per heavy atom. The zero-order chi connectivity index (χ0) is 19.1. The number of hydrogen-bond acceptors (Lipinski definition) is 5. The van der Waals surface area contributed by atoms with Gasteiger partial charge in [-0.2, -0.15) is 5.26 Å². The number of methoxy groups -OCH3 is 2. The van der Waals surface area contributed by atoms with Crippen LogP contribution in [0.15, 0.2) is 42.5 Å². The van der Waals surface area contributed by atoms with Crippen molar-refractivity contribution in [2.75, 3.05) is 31.0 Å². The van der Waals surface area contributed by atoms with Crippen molar-refractivity contribution in [1.29, 1.82) is 5.26 Å². The predicted octanol–water partition coefficient (Wildman–Crippen LogP) is 2.57. The van der Waals surface area contributed by atoms with E-state index in [1.54, 1.807) is 42.5 Å². The maximum atomic E-state index is 12.4. The molecule has 0 saturated carbocycles. The smallest absolute Gasteiger partial charge is 0.244 e. The lowest BCUT2D eigenvalue weighted by Crippen LogP contribution is -2.37. The second-order valence-electron chi connectivity index (χ2n) is 5.38. The molecule has 0 heterocycles. The highest BCUT2D eigenvalue weighted by atomic mass is 16.5. The van der Waals surface area contributed by atoms with Crippen LogP contribution in [0, 0.1) is 11.3 Å². The van der Waals surface area contributed by atoms with Crippen molar-refractivity contribution < 1.29 is 19.1 Å². The topological polar surface area (TPSA) is 91.7 Å². The monoisotopic (exact) mass is 353 g/mol. The molecule has 7 heteroatoms. The van der Waals surface area contributed by atoms with Crippen LogP contribution in [-0.4, -0.2) is 32.6 Å². The molecule has 0 radical (unpaired) electrons. The highest BCUT2D eigenvalue weighted by molar-refractivity contribution is 6.02. The molecule has 7 nitrogen and oxygen atoms in total. The summed E-state index contributed by atoms with van der Waals surface area (Å²) in [5.74, 6) is 0.299. The van der Waals surface area contributed by atoms with Crippen LogP contribution in [0.5, 0.6) is 11.5 Å². The van der Waals surface area contributed by atoms with E-state index in [0.29, 0.717) is 28.4 Å². The largest absolute Gasteiger partial charge is 0.497 e. The summed E-state index contributed by atoms with van der Waals surface area (Å²) in [7, 11) is 3.00. The minimum atomic E-state index is -0.380. The molecule has 26 heavy (non-hydrogen) atoms. The molecule has 0 unspecified atom stereocenters. The molecule has 2 aromatic carbocycles. The van der Waals surface area contributed by atoms with Crippen LogP contribution in [0.25, 0.3) is 0 Å². The van der Waals surface area contributed by atoms with E-state index >= 15 is 0 Å². The van der Waals surface area contributed by atoms with E-state index in [0.717, 1.165) is 0 Å². The molecule has 0 aliphatic carbocycles. The van der Waals surface area contributed by atoms with Gasteiger partial charge in [0.25, 0.3) is 0 Å². The third kappa shape index (κ3) is 4.51. The predicted molar refractivity (Wildman–Crippen MR) is 97.4 cm³/mol. The van der Waals surface area contributed by atoms with Gasteiger partial charge in [-0.25, -0.2) is 0 Å². The number of nitrogens with one attached hydrogen (secondary N) is 1. The number of rotatable bonds is 6. The van der Waals surface area contributed by atoms with E-state index in [4.69, 9.17) is 14.7 Å². The summed E-state index contributed by atoms with van der Waals surface area (Å²) in [6.45, 7) is 1.17. The van der Waals surface area contributed by atoms with Gasteiger partial charge in [0.1, 0.15) is 18.0 Å². The Morgan fingerprint density at radius 2 is 1.81 bits per heavy atom. The van der Waals surface area contributed by atoms with Crippen molar-refractivity contribution >= 4 is 23.2 Å². The molecule has 2 amide bonds. The molecule has 0 aromatic heterocycles. The summed E-state index contributed by atoms with van der Waals surface area (Å²) >= 11 is 0. The summed E-state index contributed by atoms with van der Waals surface area (Å²) in [6, 6.07) is 13.5. The second kappa shape index (κ2) is 8.53. The Bertz CT molecular complexity index is 841. The summed E-state index contributed by atoms with van der Waals surface area (Å²) in [6.07, 6.45) is 0. The summed E-state index contributed by atoms with van der Waals surface area (Å²) in [4.78, 5) is 25.8. The molecule has 0 aliphatic rings. The van der Waals surface area contributed by atoms with Crippen molar-refractivity contribution in [3.8, 4) is 17.6 Å².